The van der Waals surface area contributed by atoms with E-state index in [1.54, 1.807) is 0 Å². The number of nitrogens with zero attached hydrogens (tertiary/aromatic N) is 3. The van der Waals surface area contributed by atoms with Crippen LogP contribution in [0.25, 0.3) is 11.0 Å². The van der Waals surface area contributed by atoms with Crippen molar-refractivity contribution in [3.63, 3.8) is 0 Å². The van der Waals surface area contributed by atoms with Gasteiger partial charge in [-0.1, -0.05) is 24.3 Å². The number of aromatic nitrogens is 2. The first-order valence-corrected chi connectivity index (χ1v) is 6.68. The highest BCUT2D eigenvalue weighted by Gasteiger charge is 2.05. The second-order valence-electron chi connectivity index (χ2n) is 4.88. The predicted octanol–water partition coefficient (Wildman–Crippen LogP) is 1.83. The SMILES string of the molecule is C=C(C)CN=C(N)NCCn1c(C)nc2ccccc21. The fraction of sp³-hybridized carbons (Fsp3) is 0.333. The number of aryl methyl sites for hydroxylation is 1. The lowest BCUT2D eigenvalue weighted by atomic mass is 10.3. The van der Waals surface area contributed by atoms with Crippen LogP contribution in [0.4, 0.5) is 0 Å². The van der Waals surface area contributed by atoms with Crippen LogP contribution in [-0.4, -0.2) is 28.6 Å². The molecule has 20 heavy (non-hydrogen) atoms. The highest BCUT2D eigenvalue weighted by atomic mass is 15.1. The summed E-state index contributed by atoms with van der Waals surface area (Å²) in [5.74, 6) is 1.46. The van der Waals surface area contributed by atoms with E-state index in [0.29, 0.717) is 19.0 Å². The first-order chi connectivity index (χ1) is 9.58. The van der Waals surface area contributed by atoms with E-state index in [1.165, 1.54) is 0 Å². The minimum Gasteiger partial charge on any atom is -0.370 e. The number of imidazole rings is 1. The molecule has 0 saturated heterocycles. The van der Waals surface area contributed by atoms with Crippen LogP contribution in [0.2, 0.25) is 0 Å². The lowest BCUT2D eigenvalue weighted by Gasteiger charge is -2.09. The highest BCUT2D eigenvalue weighted by Crippen LogP contribution is 2.14. The van der Waals surface area contributed by atoms with Crippen LogP contribution in [0.3, 0.4) is 0 Å². The second kappa shape index (κ2) is 6.23. The van der Waals surface area contributed by atoms with Gasteiger partial charge in [-0.15, -0.1) is 0 Å². The number of guanidine groups is 1. The van der Waals surface area contributed by atoms with E-state index in [1.807, 2.05) is 32.0 Å². The van der Waals surface area contributed by atoms with Gasteiger partial charge >= 0.3 is 0 Å². The molecule has 1 aromatic heterocycles. The largest absolute Gasteiger partial charge is 0.370 e. The van der Waals surface area contributed by atoms with Crippen LogP contribution in [0.1, 0.15) is 12.7 Å². The Kier molecular flexibility index (Phi) is 4.40. The summed E-state index contributed by atoms with van der Waals surface area (Å²) in [6, 6.07) is 8.12. The second-order valence-corrected chi connectivity index (χ2v) is 4.88. The van der Waals surface area contributed by atoms with Crippen molar-refractivity contribution in [2.24, 2.45) is 10.7 Å². The third kappa shape index (κ3) is 3.38. The van der Waals surface area contributed by atoms with Gasteiger partial charge in [0.25, 0.3) is 0 Å². The number of hydrogen-bond donors (Lipinski definition) is 2. The molecule has 0 atom stereocenters. The van der Waals surface area contributed by atoms with E-state index < -0.39 is 0 Å². The van der Waals surface area contributed by atoms with E-state index in [2.05, 4.69) is 32.5 Å². The minimum absolute atomic E-state index is 0.454. The highest BCUT2D eigenvalue weighted by molar-refractivity contribution is 5.78. The number of fused-ring (bicyclic) bond motifs is 1. The van der Waals surface area contributed by atoms with Crippen molar-refractivity contribution in [3.05, 3.63) is 42.2 Å². The zero-order valence-electron chi connectivity index (χ0n) is 12.1. The van der Waals surface area contributed by atoms with E-state index in [0.717, 1.165) is 29.0 Å². The molecular formula is C15H21N5. The molecule has 2 rings (SSSR count). The predicted molar refractivity (Wildman–Crippen MR) is 83.8 cm³/mol. The van der Waals surface area contributed by atoms with E-state index in [9.17, 15) is 0 Å². The average molecular weight is 271 g/mol. The Morgan fingerprint density at radius 3 is 2.95 bits per heavy atom. The Labute approximate surface area is 119 Å². The zero-order valence-corrected chi connectivity index (χ0v) is 12.1. The lowest BCUT2D eigenvalue weighted by molar-refractivity contribution is 0.668. The van der Waals surface area contributed by atoms with Crippen molar-refractivity contribution >= 4 is 17.0 Å². The molecule has 0 fully saturated rings. The molecule has 0 unspecified atom stereocenters. The topological polar surface area (TPSA) is 68.2 Å². The van der Waals surface area contributed by atoms with Gasteiger partial charge in [0.15, 0.2) is 5.96 Å². The number of nitrogens with two attached hydrogens (primary N) is 1. The maximum Gasteiger partial charge on any atom is 0.188 e. The van der Waals surface area contributed by atoms with Gasteiger partial charge in [0.2, 0.25) is 0 Å². The molecule has 0 radical (unpaired) electrons. The van der Waals surface area contributed by atoms with Gasteiger partial charge in [0.1, 0.15) is 5.82 Å². The van der Waals surface area contributed by atoms with Gasteiger partial charge in [-0.3, -0.25) is 0 Å². The quantitative estimate of drug-likeness (QED) is 0.495. The summed E-state index contributed by atoms with van der Waals surface area (Å²) in [5.41, 5.74) is 8.94. The lowest BCUT2D eigenvalue weighted by Crippen LogP contribution is -2.34. The summed E-state index contributed by atoms with van der Waals surface area (Å²) in [7, 11) is 0. The maximum atomic E-state index is 5.79. The Hall–Kier alpha value is -2.30. The molecule has 2 aromatic rings. The van der Waals surface area contributed by atoms with E-state index >= 15 is 0 Å². The first kappa shape index (κ1) is 14.1. The van der Waals surface area contributed by atoms with Gasteiger partial charge in [-0.2, -0.15) is 0 Å². The molecule has 0 bridgehead atoms. The van der Waals surface area contributed by atoms with Gasteiger partial charge in [-0.25, -0.2) is 9.98 Å². The van der Waals surface area contributed by atoms with Crippen molar-refractivity contribution in [2.45, 2.75) is 20.4 Å². The van der Waals surface area contributed by atoms with Crippen LogP contribution in [0, 0.1) is 6.92 Å². The smallest absolute Gasteiger partial charge is 0.188 e. The summed E-state index contributed by atoms with van der Waals surface area (Å²) >= 11 is 0. The van der Waals surface area contributed by atoms with Gasteiger partial charge < -0.3 is 15.6 Å². The monoisotopic (exact) mass is 271 g/mol. The molecule has 0 aliphatic carbocycles. The number of aliphatic imine (C=N–C) groups is 1. The number of rotatable bonds is 5. The fourth-order valence-corrected chi connectivity index (χ4v) is 2.05. The Morgan fingerprint density at radius 1 is 1.45 bits per heavy atom. The number of nitrogens with one attached hydrogen (secondary N) is 1. The molecule has 0 aliphatic rings. The molecule has 3 N–H and O–H groups in total. The van der Waals surface area contributed by atoms with Crippen molar-refractivity contribution < 1.29 is 0 Å². The molecule has 1 aromatic carbocycles. The first-order valence-electron chi connectivity index (χ1n) is 6.68. The normalized spacial score (nSPS) is 11.8. The van der Waals surface area contributed by atoms with Crippen LogP contribution in [-0.2, 0) is 6.54 Å². The van der Waals surface area contributed by atoms with Crippen molar-refractivity contribution in [2.75, 3.05) is 13.1 Å². The molecule has 1 heterocycles. The van der Waals surface area contributed by atoms with Gasteiger partial charge in [-0.05, 0) is 26.0 Å². The third-order valence-corrected chi connectivity index (χ3v) is 3.01. The molecular weight excluding hydrogens is 250 g/mol. The average Bonchev–Trinajstić information content (AvgIpc) is 2.73. The minimum atomic E-state index is 0.454. The van der Waals surface area contributed by atoms with Crippen LogP contribution < -0.4 is 11.1 Å². The molecule has 5 heteroatoms. The summed E-state index contributed by atoms with van der Waals surface area (Å²) in [6.45, 7) is 9.81. The number of hydrogen-bond acceptors (Lipinski definition) is 2. The third-order valence-electron chi connectivity index (χ3n) is 3.01. The van der Waals surface area contributed by atoms with Crippen LogP contribution >= 0.6 is 0 Å². The van der Waals surface area contributed by atoms with Gasteiger partial charge in [0.05, 0.1) is 17.6 Å². The molecule has 0 spiro atoms. The molecule has 0 amide bonds. The fourth-order valence-electron chi connectivity index (χ4n) is 2.05. The van der Waals surface area contributed by atoms with Crippen LogP contribution in [0.5, 0.6) is 0 Å². The Balaban J connectivity index is 1.98. The number of benzene rings is 1. The van der Waals surface area contributed by atoms with Crippen molar-refractivity contribution in [1.29, 1.82) is 0 Å². The van der Waals surface area contributed by atoms with E-state index in [4.69, 9.17) is 5.73 Å². The Bertz CT molecular complexity index is 639. The summed E-state index contributed by atoms with van der Waals surface area (Å²) in [6.07, 6.45) is 0. The van der Waals surface area contributed by atoms with Crippen LogP contribution in [0.15, 0.2) is 41.4 Å². The molecule has 5 nitrogen and oxygen atoms in total. The summed E-state index contributed by atoms with van der Waals surface area (Å²) in [5, 5.41) is 3.11. The standard InChI is InChI=1S/C15H21N5/c1-11(2)10-18-15(16)17-8-9-20-12(3)19-13-6-4-5-7-14(13)20/h4-7H,1,8-10H2,2-3H3,(H3,16,17,18). The zero-order chi connectivity index (χ0) is 14.5. The van der Waals surface area contributed by atoms with Gasteiger partial charge in [0, 0.05) is 13.1 Å². The molecule has 0 aliphatic heterocycles. The summed E-state index contributed by atoms with van der Waals surface area (Å²) < 4.78 is 2.17. The maximum absolute atomic E-state index is 5.79. The van der Waals surface area contributed by atoms with Crippen molar-refractivity contribution in [3.8, 4) is 0 Å². The van der Waals surface area contributed by atoms with Crippen molar-refractivity contribution in [1.82, 2.24) is 14.9 Å². The molecule has 0 saturated carbocycles. The number of para-hydroxylation sites is 2. The Morgan fingerprint density at radius 2 is 2.20 bits per heavy atom. The summed E-state index contributed by atoms with van der Waals surface area (Å²) in [4.78, 5) is 8.72. The molecule has 106 valence electrons. The van der Waals surface area contributed by atoms with E-state index in [-0.39, 0.29) is 0 Å².